The molecular formula is C24H40CaN2O6. The molecule has 0 aromatic carbocycles. The molecule has 1 amide bonds. The summed E-state index contributed by atoms with van der Waals surface area (Å²) < 4.78 is 0. The number of carboxylic acid groups (broad SMARTS) is 2. The van der Waals surface area contributed by atoms with Crippen molar-refractivity contribution in [1.29, 1.82) is 0 Å². The molecule has 0 rings (SSSR count). The van der Waals surface area contributed by atoms with Crippen molar-refractivity contribution in [3.63, 3.8) is 0 Å². The Morgan fingerprint density at radius 3 is 1.88 bits per heavy atom. The molecule has 0 heterocycles. The van der Waals surface area contributed by atoms with Crippen LogP contribution in [0.1, 0.15) is 90.9 Å². The topological polar surface area (TPSA) is 142 Å². The van der Waals surface area contributed by atoms with E-state index in [9.17, 15) is 24.6 Å². The Bertz CT molecular complexity index is 596. The van der Waals surface area contributed by atoms with Crippen LogP contribution in [0.5, 0.6) is 0 Å². The minimum Gasteiger partial charge on any atom is -0.862 e. The molecule has 0 bridgehead atoms. The molecule has 9 heteroatoms. The molecule has 8 nitrogen and oxygen atoms in total. The van der Waals surface area contributed by atoms with Gasteiger partial charge in [-0.2, -0.15) is 0 Å². The van der Waals surface area contributed by atoms with Crippen LogP contribution in [-0.2, 0) is 14.4 Å². The smallest absolute Gasteiger partial charge is 0.862 e. The van der Waals surface area contributed by atoms with Gasteiger partial charge in [0.05, 0.1) is 12.5 Å². The number of hydrogen-bond donors (Lipinski definition) is 2. The molecule has 0 aliphatic carbocycles. The zero-order chi connectivity index (χ0) is 24.8. The molecular weight excluding hydrogens is 452 g/mol. The van der Waals surface area contributed by atoms with E-state index in [1.165, 1.54) is 0 Å². The van der Waals surface area contributed by atoms with E-state index in [1.54, 1.807) is 13.8 Å². The summed E-state index contributed by atoms with van der Waals surface area (Å²) >= 11 is 0. The number of aliphatic carboxylic acids is 2. The van der Waals surface area contributed by atoms with Gasteiger partial charge in [0, 0.05) is 24.9 Å². The molecule has 33 heavy (non-hydrogen) atoms. The predicted molar refractivity (Wildman–Crippen MR) is 129 cm³/mol. The van der Waals surface area contributed by atoms with E-state index in [2.05, 4.69) is 23.5 Å². The molecule has 2 N–H and O–H groups in total. The van der Waals surface area contributed by atoms with Gasteiger partial charge in [-0.3, -0.25) is 9.59 Å². The standard InChI is InChI=1S/2C12H21NO3.Ca/c2*1-3-4-5-6-7-8-11(14)13-10(2)9-12(15)16;/h2*3,10H,1,4-9H2,2H3,(H,13,14)(H,15,16);/q;;+2/p-2. The minimum atomic E-state index is -1.17. The summed E-state index contributed by atoms with van der Waals surface area (Å²) in [4.78, 5) is 35.7. The van der Waals surface area contributed by atoms with Crippen molar-refractivity contribution in [2.45, 2.75) is 103 Å². The van der Waals surface area contributed by atoms with Crippen LogP contribution in [0.15, 0.2) is 30.3 Å². The van der Waals surface area contributed by atoms with Gasteiger partial charge < -0.3 is 30.4 Å². The molecule has 0 radical (unpaired) electrons. The van der Waals surface area contributed by atoms with Gasteiger partial charge in [-0.15, -0.1) is 13.2 Å². The van der Waals surface area contributed by atoms with Gasteiger partial charge in [0.1, 0.15) is 0 Å². The van der Waals surface area contributed by atoms with Crippen LogP contribution < -0.4 is 15.5 Å². The first-order valence-corrected chi connectivity index (χ1v) is 11.3. The Hall–Kier alpha value is -1.38. The second kappa shape index (κ2) is 25.2. The SMILES string of the molecule is C=CCCCCCC(=O)NC(C)CC(=O)O.C=CCCCCCC([O-])=NC(C)CC(=O)[O-].[Ca+2]. The number of carbonyl (C=O) groups is 3. The van der Waals surface area contributed by atoms with Crippen LogP contribution in [0.2, 0.25) is 0 Å². The van der Waals surface area contributed by atoms with E-state index in [1.807, 2.05) is 12.2 Å². The summed E-state index contributed by atoms with van der Waals surface area (Å²) in [6, 6.07) is -0.774. The Morgan fingerprint density at radius 2 is 1.42 bits per heavy atom. The number of allylic oxidation sites excluding steroid dienone is 2. The molecule has 184 valence electrons. The maximum Gasteiger partial charge on any atom is 2.00 e. The average Bonchev–Trinajstić information content (AvgIpc) is 2.66. The van der Waals surface area contributed by atoms with E-state index >= 15 is 0 Å². The number of carboxylic acids is 2. The van der Waals surface area contributed by atoms with Crippen LogP contribution in [0.25, 0.3) is 0 Å². The van der Waals surface area contributed by atoms with Crippen molar-refractivity contribution < 1.29 is 29.7 Å². The molecule has 0 saturated heterocycles. The Labute approximate surface area is 228 Å². The average molecular weight is 493 g/mol. The Balaban J connectivity index is -0.000000529. The number of hydrogen-bond acceptors (Lipinski definition) is 6. The van der Waals surface area contributed by atoms with Crippen molar-refractivity contribution in [3.8, 4) is 0 Å². The van der Waals surface area contributed by atoms with E-state index in [4.69, 9.17) is 5.11 Å². The van der Waals surface area contributed by atoms with Crippen LogP contribution in [0.4, 0.5) is 0 Å². The van der Waals surface area contributed by atoms with Crippen molar-refractivity contribution in [2.75, 3.05) is 0 Å². The van der Waals surface area contributed by atoms with Gasteiger partial charge in [-0.05, 0) is 64.7 Å². The zero-order valence-electron chi connectivity index (χ0n) is 20.4. The summed E-state index contributed by atoms with van der Waals surface area (Å²) in [6.45, 7) is 10.5. The molecule has 0 aromatic rings. The number of rotatable bonds is 18. The Kier molecular flexibility index (Phi) is 27.7. The van der Waals surface area contributed by atoms with Crippen LogP contribution in [-0.4, -0.2) is 78.7 Å². The summed E-state index contributed by atoms with van der Waals surface area (Å²) in [7, 11) is 0. The van der Waals surface area contributed by atoms with E-state index in [0.29, 0.717) is 12.8 Å². The third kappa shape index (κ3) is 30.6. The molecule has 2 unspecified atom stereocenters. The largest absolute Gasteiger partial charge is 2.00 e. The van der Waals surface area contributed by atoms with Crippen LogP contribution >= 0.6 is 0 Å². The number of unbranched alkanes of at least 4 members (excludes halogenated alkanes) is 6. The van der Waals surface area contributed by atoms with Gasteiger partial charge in [0.25, 0.3) is 0 Å². The maximum absolute atomic E-state index is 11.3. The molecule has 0 aliphatic heterocycles. The minimum absolute atomic E-state index is 0. The first-order chi connectivity index (χ1) is 15.1. The molecule has 0 aromatic heterocycles. The summed E-state index contributed by atoms with van der Waals surface area (Å²) in [5, 5.41) is 32.7. The second-order valence-electron chi connectivity index (χ2n) is 7.79. The molecule has 2 atom stereocenters. The quantitative estimate of drug-likeness (QED) is 0.0987. The molecule has 0 fully saturated rings. The number of nitrogens with one attached hydrogen (secondary N) is 1. The van der Waals surface area contributed by atoms with Gasteiger partial charge in [-0.25, -0.2) is 0 Å². The first-order valence-electron chi connectivity index (χ1n) is 11.3. The number of carbonyl (C=O) groups excluding carboxylic acids is 2. The molecule has 0 aliphatic rings. The fraction of sp³-hybridized carbons (Fsp3) is 0.667. The van der Waals surface area contributed by atoms with Crippen molar-refractivity contribution >= 4 is 61.5 Å². The van der Waals surface area contributed by atoms with Crippen LogP contribution in [0.3, 0.4) is 0 Å². The fourth-order valence-electron chi connectivity index (χ4n) is 2.75. The first kappa shape index (κ1) is 36.2. The molecule has 0 saturated carbocycles. The fourth-order valence-corrected chi connectivity index (χ4v) is 2.75. The number of aliphatic imine (C=N–C) groups is 1. The summed E-state index contributed by atoms with van der Waals surface area (Å²) in [6.07, 6.45) is 12.0. The normalized spacial score (nSPS) is 12.2. The predicted octanol–water partition coefficient (Wildman–Crippen LogP) is 2.13. The Morgan fingerprint density at radius 1 is 0.909 bits per heavy atom. The van der Waals surface area contributed by atoms with Crippen molar-refractivity contribution in [1.82, 2.24) is 5.32 Å². The van der Waals surface area contributed by atoms with Crippen molar-refractivity contribution in [2.24, 2.45) is 4.99 Å². The summed E-state index contributed by atoms with van der Waals surface area (Å²) in [5.41, 5.74) is 0. The second-order valence-corrected chi connectivity index (χ2v) is 7.79. The third-order valence-electron chi connectivity index (χ3n) is 4.33. The third-order valence-corrected chi connectivity index (χ3v) is 4.33. The van der Waals surface area contributed by atoms with Gasteiger partial charge >= 0.3 is 43.7 Å². The van der Waals surface area contributed by atoms with E-state index in [0.717, 1.165) is 51.4 Å². The van der Waals surface area contributed by atoms with Crippen LogP contribution in [0, 0.1) is 0 Å². The maximum atomic E-state index is 11.3. The van der Waals surface area contributed by atoms with E-state index in [-0.39, 0.29) is 68.4 Å². The zero-order valence-corrected chi connectivity index (χ0v) is 22.6. The monoisotopic (exact) mass is 492 g/mol. The summed E-state index contributed by atoms with van der Waals surface area (Å²) in [5.74, 6) is -2.34. The van der Waals surface area contributed by atoms with Crippen molar-refractivity contribution in [3.05, 3.63) is 25.3 Å². The number of amides is 1. The number of nitrogens with zero attached hydrogens (tertiary/aromatic N) is 1. The van der Waals surface area contributed by atoms with Gasteiger partial charge in [0.15, 0.2) is 0 Å². The molecule has 0 spiro atoms. The van der Waals surface area contributed by atoms with Gasteiger partial charge in [-0.1, -0.05) is 25.0 Å². The van der Waals surface area contributed by atoms with E-state index < -0.39 is 18.0 Å². The van der Waals surface area contributed by atoms with Gasteiger partial charge in [0.2, 0.25) is 5.91 Å².